The van der Waals surface area contributed by atoms with Crippen LogP contribution in [0.25, 0.3) is 11.5 Å². The highest BCUT2D eigenvalue weighted by Gasteiger charge is 2.15. The molecular formula is C11H15N3O2. The Hall–Kier alpha value is -1.62. The Morgan fingerprint density at radius 1 is 1.44 bits per heavy atom. The summed E-state index contributed by atoms with van der Waals surface area (Å²) in [5, 5.41) is 13.6. The van der Waals surface area contributed by atoms with Crippen molar-refractivity contribution in [2.24, 2.45) is 0 Å². The third-order valence-corrected chi connectivity index (χ3v) is 2.52. The molecule has 0 spiro atoms. The molecule has 86 valence electrons. The number of oxazole rings is 1. The molecule has 0 fully saturated rings. The van der Waals surface area contributed by atoms with E-state index < -0.39 is 0 Å². The second-order valence-electron chi connectivity index (χ2n) is 3.48. The van der Waals surface area contributed by atoms with Crippen LogP contribution in [0.1, 0.15) is 25.2 Å². The number of hydrogen-bond acceptors (Lipinski definition) is 4. The summed E-state index contributed by atoms with van der Waals surface area (Å²) in [6.45, 7) is 4.72. The Kier molecular flexibility index (Phi) is 3.05. The summed E-state index contributed by atoms with van der Waals surface area (Å²) in [6, 6.07) is 1.98. The van der Waals surface area contributed by atoms with Gasteiger partial charge in [0.2, 0.25) is 0 Å². The van der Waals surface area contributed by atoms with Crippen molar-refractivity contribution in [2.75, 3.05) is 0 Å². The predicted molar refractivity (Wildman–Crippen MR) is 58.7 cm³/mol. The van der Waals surface area contributed by atoms with Crippen LogP contribution in [0.15, 0.2) is 16.9 Å². The van der Waals surface area contributed by atoms with Gasteiger partial charge in [-0.1, -0.05) is 6.92 Å². The lowest BCUT2D eigenvalue weighted by atomic mass is 10.2. The molecular weight excluding hydrogens is 206 g/mol. The monoisotopic (exact) mass is 221 g/mol. The van der Waals surface area contributed by atoms with E-state index in [1.165, 1.54) is 6.39 Å². The van der Waals surface area contributed by atoms with E-state index in [0.717, 1.165) is 24.4 Å². The number of nitrogens with zero attached hydrogens (tertiary/aromatic N) is 3. The van der Waals surface area contributed by atoms with Crippen LogP contribution in [0.5, 0.6) is 0 Å². The number of aliphatic hydroxyl groups excluding tert-OH is 1. The van der Waals surface area contributed by atoms with E-state index in [1.807, 2.05) is 17.7 Å². The van der Waals surface area contributed by atoms with Gasteiger partial charge in [0.15, 0.2) is 12.2 Å². The van der Waals surface area contributed by atoms with Gasteiger partial charge in [0.1, 0.15) is 11.4 Å². The van der Waals surface area contributed by atoms with Gasteiger partial charge in [-0.25, -0.2) is 4.98 Å². The average Bonchev–Trinajstić information content (AvgIpc) is 2.93. The van der Waals surface area contributed by atoms with Crippen molar-refractivity contribution in [3.05, 3.63) is 23.8 Å². The largest absolute Gasteiger partial charge is 0.441 e. The highest BCUT2D eigenvalue weighted by atomic mass is 16.3. The van der Waals surface area contributed by atoms with Gasteiger partial charge in [0.05, 0.1) is 12.3 Å². The zero-order valence-electron chi connectivity index (χ0n) is 9.47. The summed E-state index contributed by atoms with van der Waals surface area (Å²) in [4.78, 5) is 3.96. The molecule has 0 aliphatic rings. The summed E-state index contributed by atoms with van der Waals surface area (Å²) < 4.78 is 7.17. The summed E-state index contributed by atoms with van der Waals surface area (Å²) in [6.07, 6.45) is 2.22. The van der Waals surface area contributed by atoms with Crippen molar-refractivity contribution in [2.45, 2.75) is 33.4 Å². The van der Waals surface area contributed by atoms with Gasteiger partial charge in [-0.3, -0.25) is 4.68 Å². The van der Waals surface area contributed by atoms with Gasteiger partial charge in [-0.05, 0) is 19.4 Å². The molecule has 0 atom stereocenters. The van der Waals surface area contributed by atoms with Crippen molar-refractivity contribution in [1.82, 2.24) is 14.8 Å². The van der Waals surface area contributed by atoms with E-state index in [9.17, 15) is 0 Å². The van der Waals surface area contributed by atoms with E-state index >= 15 is 0 Å². The van der Waals surface area contributed by atoms with Crippen LogP contribution in [-0.4, -0.2) is 19.9 Å². The first-order valence-electron chi connectivity index (χ1n) is 5.40. The second kappa shape index (κ2) is 4.49. The standard InChI is InChI=1S/C11H15N3O2/c1-3-8-5-10(14(4-2)13-8)11-9(6-15)12-7-16-11/h5,7,15H,3-4,6H2,1-2H3. The molecule has 2 aromatic heterocycles. The molecule has 2 aromatic rings. The van der Waals surface area contributed by atoms with Gasteiger partial charge in [0.25, 0.3) is 0 Å². The van der Waals surface area contributed by atoms with Gasteiger partial charge in [0, 0.05) is 6.54 Å². The average molecular weight is 221 g/mol. The molecule has 0 amide bonds. The molecule has 2 rings (SSSR count). The van der Waals surface area contributed by atoms with E-state index in [4.69, 9.17) is 9.52 Å². The molecule has 0 saturated heterocycles. The minimum absolute atomic E-state index is 0.123. The Bertz CT molecular complexity index is 473. The van der Waals surface area contributed by atoms with Gasteiger partial charge < -0.3 is 9.52 Å². The normalized spacial score (nSPS) is 10.9. The van der Waals surface area contributed by atoms with Gasteiger partial charge in [-0.2, -0.15) is 5.10 Å². The Labute approximate surface area is 93.7 Å². The minimum atomic E-state index is -0.123. The van der Waals surface area contributed by atoms with Crippen molar-refractivity contribution >= 4 is 0 Å². The van der Waals surface area contributed by atoms with Gasteiger partial charge in [-0.15, -0.1) is 0 Å². The third kappa shape index (κ3) is 1.74. The number of aryl methyl sites for hydroxylation is 2. The molecule has 0 saturated carbocycles. The molecule has 0 unspecified atom stereocenters. The fourth-order valence-electron chi connectivity index (χ4n) is 1.66. The lowest BCUT2D eigenvalue weighted by Crippen LogP contribution is -2.00. The molecule has 2 heterocycles. The number of aromatic nitrogens is 3. The molecule has 5 nitrogen and oxygen atoms in total. The Morgan fingerprint density at radius 3 is 2.88 bits per heavy atom. The molecule has 5 heteroatoms. The number of rotatable bonds is 4. The first-order chi connectivity index (χ1) is 7.80. The van der Waals surface area contributed by atoms with Crippen molar-refractivity contribution in [3.8, 4) is 11.5 Å². The first kappa shape index (κ1) is 10.9. The molecule has 0 aromatic carbocycles. The lowest BCUT2D eigenvalue weighted by molar-refractivity contribution is 0.277. The fraction of sp³-hybridized carbons (Fsp3) is 0.455. The fourth-order valence-corrected chi connectivity index (χ4v) is 1.66. The number of hydrogen-bond donors (Lipinski definition) is 1. The zero-order valence-corrected chi connectivity index (χ0v) is 9.47. The summed E-state index contributed by atoms with van der Waals surface area (Å²) in [7, 11) is 0. The van der Waals surface area contributed by atoms with Crippen LogP contribution < -0.4 is 0 Å². The van der Waals surface area contributed by atoms with Crippen LogP contribution in [0.2, 0.25) is 0 Å². The van der Waals surface area contributed by atoms with E-state index in [0.29, 0.717) is 11.5 Å². The van der Waals surface area contributed by atoms with Crippen molar-refractivity contribution in [1.29, 1.82) is 0 Å². The molecule has 0 bridgehead atoms. The quantitative estimate of drug-likeness (QED) is 0.852. The summed E-state index contributed by atoms with van der Waals surface area (Å²) >= 11 is 0. The minimum Gasteiger partial charge on any atom is -0.441 e. The lowest BCUT2D eigenvalue weighted by Gasteiger charge is -2.01. The van der Waals surface area contributed by atoms with Crippen molar-refractivity contribution < 1.29 is 9.52 Å². The Balaban J connectivity index is 2.50. The topological polar surface area (TPSA) is 64.1 Å². The van der Waals surface area contributed by atoms with E-state index in [2.05, 4.69) is 17.0 Å². The van der Waals surface area contributed by atoms with Crippen LogP contribution in [0.3, 0.4) is 0 Å². The summed E-state index contributed by atoms with van der Waals surface area (Å²) in [5.41, 5.74) is 2.44. The maximum Gasteiger partial charge on any atom is 0.181 e. The predicted octanol–water partition coefficient (Wildman–Crippen LogP) is 1.61. The van der Waals surface area contributed by atoms with E-state index in [-0.39, 0.29) is 6.61 Å². The highest BCUT2D eigenvalue weighted by Crippen LogP contribution is 2.24. The second-order valence-corrected chi connectivity index (χ2v) is 3.48. The maximum absolute atomic E-state index is 9.14. The molecule has 16 heavy (non-hydrogen) atoms. The van der Waals surface area contributed by atoms with Crippen LogP contribution >= 0.6 is 0 Å². The van der Waals surface area contributed by atoms with Crippen LogP contribution in [-0.2, 0) is 19.6 Å². The SMILES string of the molecule is CCc1cc(-c2ocnc2CO)n(CC)n1. The third-order valence-electron chi connectivity index (χ3n) is 2.52. The van der Waals surface area contributed by atoms with Gasteiger partial charge >= 0.3 is 0 Å². The van der Waals surface area contributed by atoms with Crippen molar-refractivity contribution in [3.63, 3.8) is 0 Å². The number of aliphatic hydroxyl groups is 1. The zero-order chi connectivity index (χ0) is 11.5. The first-order valence-corrected chi connectivity index (χ1v) is 5.40. The van der Waals surface area contributed by atoms with E-state index in [1.54, 1.807) is 0 Å². The smallest absolute Gasteiger partial charge is 0.181 e. The highest BCUT2D eigenvalue weighted by molar-refractivity contribution is 5.55. The molecule has 1 N–H and O–H groups in total. The Morgan fingerprint density at radius 2 is 2.25 bits per heavy atom. The van der Waals surface area contributed by atoms with Crippen LogP contribution in [0, 0.1) is 0 Å². The molecule has 0 aliphatic carbocycles. The summed E-state index contributed by atoms with van der Waals surface area (Å²) in [5.74, 6) is 0.608. The molecule has 0 radical (unpaired) electrons. The molecule has 0 aliphatic heterocycles. The maximum atomic E-state index is 9.14. The van der Waals surface area contributed by atoms with Crippen LogP contribution in [0.4, 0.5) is 0 Å².